The summed E-state index contributed by atoms with van der Waals surface area (Å²) in [6.45, 7) is 4.36. The van der Waals surface area contributed by atoms with Crippen LogP contribution in [0, 0.1) is 12.3 Å². The largest absolute Gasteiger partial charge is 0.392 e. The monoisotopic (exact) mass is 141 g/mol. The van der Waals surface area contributed by atoms with Crippen LogP contribution in [-0.4, -0.2) is 23.8 Å². The van der Waals surface area contributed by atoms with Crippen LogP contribution in [0.1, 0.15) is 20.3 Å². The molecule has 0 aliphatic rings. The van der Waals surface area contributed by atoms with Gasteiger partial charge in [0.2, 0.25) is 0 Å². The van der Waals surface area contributed by atoms with Gasteiger partial charge >= 0.3 is 0 Å². The van der Waals surface area contributed by atoms with Gasteiger partial charge in [0.05, 0.1) is 6.10 Å². The van der Waals surface area contributed by atoms with Gasteiger partial charge in [-0.3, -0.25) is 0 Å². The predicted molar refractivity (Wildman–Crippen MR) is 42.6 cm³/mol. The minimum absolute atomic E-state index is 0.291. The third kappa shape index (κ3) is 5.61. The van der Waals surface area contributed by atoms with Crippen LogP contribution in [0.15, 0.2) is 0 Å². The molecule has 0 aromatic rings. The molecule has 2 nitrogen and oxygen atoms in total. The summed E-state index contributed by atoms with van der Waals surface area (Å²) in [4.78, 5) is 0. The van der Waals surface area contributed by atoms with E-state index in [1.165, 1.54) is 0 Å². The second kappa shape index (κ2) is 5.28. The highest BCUT2D eigenvalue weighted by Gasteiger charge is 1.99. The predicted octanol–water partition coefficient (Wildman–Crippen LogP) is 0.369. The molecule has 0 radical (unpaired) electrons. The van der Waals surface area contributed by atoms with Crippen molar-refractivity contribution in [3.05, 3.63) is 0 Å². The van der Waals surface area contributed by atoms with Crippen molar-refractivity contribution in [2.24, 2.45) is 0 Å². The Morgan fingerprint density at radius 2 is 2.20 bits per heavy atom. The van der Waals surface area contributed by atoms with Crippen molar-refractivity contribution in [1.82, 2.24) is 5.32 Å². The van der Waals surface area contributed by atoms with Crippen LogP contribution < -0.4 is 5.32 Å². The van der Waals surface area contributed by atoms with E-state index < -0.39 is 0 Å². The molecule has 0 heterocycles. The number of rotatable bonds is 4. The quantitative estimate of drug-likeness (QED) is 0.554. The molecule has 0 amide bonds. The molecule has 0 bridgehead atoms. The average molecular weight is 141 g/mol. The van der Waals surface area contributed by atoms with Crippen LogP contribution in [0.5, 0.6) is 0 Å². The third-order valence-electron chi connectivity index (χ3n) is 1.19. The highest BCUT2D eigenvalue weighted by molar-refractivity contribution is 4.88. The molecule has 0 aliphatic carbocycles. The van der Waals surface area contributed by atoms with Gasteiger partial charge in [-0.15, -0.1) is 12.3 Å². The fourth-order valence-electron chi connectivity index (χ4n) is 0.621. The lowest BCUT2D eigenvalue weighted by molar-refractivity contribution is 0.187. The molecule has 0 aliphatic heterocycles. The van der Waals surface area contributed by atoms with Crippen molar-refractivity contribution in [3.8, 4) is 12.3 Å². The molecule has 0 aromatic carbocycles. The van der Waals surface area contributed by atoms with Crippen molar-refractivity contribution >= 4 is 0 Å². The van der Waals surface area contributed by atoms with Gasteiger partial charge in [-0.05, 0) is 13.8 Å². The van der Waals surface area contributed by atoms with Crippen LogP contribution >= 0.6 is 0 Å². The summed E-state index contributed by atoms with van der Waals surface area (Å²) in [7, 11) is 0. The first-order chi connectivity index (χ1) is 4.66. The van der Waals surface area contributed by atoms with E-state index >= 15 is 0 Å². The minimum atomic E-state index is -0.291. The summed E-state index contributed by atoms with van der Waals surface area (Å²) in [5, 5.41) is 11.9. The van der Waals surface area contributed by atoms with Crippen molar-refractivity contribution in [3.63, 3.8) is 0 Å². The SMILES string of the molecule is C#CCC(C)NCC(C)O. The Bertz CT molecular complexity index is 115. The van der Waals surface area contributed by atoms with E-state index in [0.29, 0.717) is 19.0 Å². The second-order valence-corrected chi connectivity index (χ2v) is 2.57. The summed E-state index contributed by atoms with van der Waals surface area (Å²) >= 11 is 0. The van der Waals surface area contributed by atoms with Crippen molar-refractivity contribution in [2.75, 3.05) is 6.54 Å². The third-order valence-corrected chi connectivity index (χ3v) is 1.19. The molecule has 10 heavy (non-hydrogen) atoms. The number of aliphatic hydroxyl groups excluding tert-OH is 1. The maximum atomic E-state index is 8.86. The summed E-state index contributed by atoms with van der Waals surface area (Å²) in [6.07, 6.45) is 5.51. The van der Waals surface area contributed by atoms with Gasteiger partial charge in [-0.1, -0.05) is 0 Å². The zero-order valence-corrected chi connectivity index (χ0v) is 6.59. The first-order valence-electron chi connectivity index (χ1n) is 3.51. The molecule has 2 atom stereocenters. The maximum absolute atomic E-state index is 8.86. The van der Waals surface area contributed by atoms with Gasteiger partial charge in [-0.25, -0.2) is 0 Å². The summed E-state index contributed by atoms with van der Waals surface area (Å²) in [5.41, 5.74) is 0. The van der Waals surface area contributed by atoms with E-state index in [-0.39, 0.29) is 6.10 Å². The normalized spacial score (nSPS) is 15.8. The van der Waals surface area contributed by atoms with E-state index in [4.69, 9.17) is 11.5 Å². The van der Waals surface area contributed by atoms with Crippen LogP contribution in [0.3, 0.4) is 0 Å². The second-order valence-electron chi connectivity index (χ2n) is 2.57. The molecule has 0 rings (SSSR count). The van der Waals surface area contributed by atoms with Crippen LogP contribution in [0.2, 0.25) is 0 Å². The van der Waals surface area contributed by atoms with Crippen molar-refractivity contribution in [2.45, 2.75) is 32.4 Å². The highest BCUT2D eigenvalue weighted by Crippen LogP contribution is 1.87. The van der Waals surface area contributed by atoms with E-state index in [9.17, 15) is 0 Å². The van der Waals surface area contributed by atoms with Crippen molar-refractivity contribution < 1.29 is 5.11 Å². The molecule has 0 saturated heterocycles. The van der Waals surface area contributed by atoms with E-state index in [1.807, 2.05) is 6.92 Å². The molecule has 2 heteroatoms. The zero-order valence-electron chi connectivity index (χ0n) is 6.59. The highest BCUT2D eigenvalue weighted by atomic mass is 16.3. The number of hydrogen-bond acceptors (Lipinski definition) is 2. The Balaban J connectivity index is 3.23. The Morgan fingerprint density at radius 1 is 1.60 bits per heavy atom. The van der Waals surface area contributed by atoms with Gasteiger partial charge < -0.3 is 10.4 Å². The van der Waals surface area contributed by atoms with Gasteiger partial charge in [0.1, 0.15) is 0 Å². The molecule has 2 N–H and O–H groups in total. The first kappa shape index (κ1) is 9.48. The topological polar surface area (TPSA) is 32.3 Å². The fourth-order valence-corrected chi connectivity index (χ4v) is 0.621. The molecular weight excluding hydrogens is 126 g/mol. The first-order valence-corrected chi connectivity index (χ1v) is 3.51. The maximum Gasteiger partial charge on any atom is 0.0636 e. The average Bonchev–Trinajstić information content (AvgIpc) is 1.85. The molecule has 0 saturated carbocycles. The summed E-state index contributed by atoms with van der Waals surface area (Å²) < 4.78 is 0. The lowest BCUT2D eigenvalue weighted by atomic mass is 10.2. The number of hydrogen-bond donors (Lipinski definition) is 2. The van der Waals surface area contributed by atoms with E-state index in [2.05, 4.69) is 11.2 Å². The molecule has 58 valence electrons. The van der Waals surface area contributed by atoms with Gasteiger partial charge in [0, 0.05) is 19.0 Å². The molecule has 2 unspecified atom stereocenters. The van der Waals surface area contributed by atoms with Gasteiger partial charge in [0.25, 0.3) is 0 Å². The minimum Gasteiger partial charge on any atom is -0.392 e. The summed E-state index contributed by atoms with van der Waals surface area (Å²) in [6, 6.07) is 0.305. The molecule has 0 aromatic heterocycles. The summed E-state index contributed by atoms with van der Waals surface area (Å²) in [5.74, 6) is 2.55. The fraction of sp³-hybridized carbons (Fsp3) is 0.750. The van der Waals surface area contributed by atoms with Crippen LogP contribution in [0.4, 0.5) is 0 Å². The molecule has 0 fully saturated rings. The zero-order chi connectivity index (χ0) is 7.98. The Morgan fingerprint density at radius 3 is 2.60 bits per heavy atom. The van der Waals surface area contributed by atoms with Crippen LogP contribution in [-0.2, 0) is 0 Å². The van der Waals surface area contributed by atoms with Crippen molar-refractivity contribution in [1.29, 1.82) is 0 Å². The molecular formula is C8H15NO. The van der Waals surface area contributed by atoms with E-state index in [0.717, 1.165) is 0 Å². The smallest absolute Gasteiger partial charge is 0.0636 e. The Hall–Kier alpha value is -0.520. The number of aliphatic hydroxyl groups is 1. The van der Waals surface area contributed by atoms with Crippen LogP contribution in [0.25, 0.3) is 0 Å². The number of nitrogens with one attached hydrogen (secondary N) is 1. The van der Waals surface area contributed by atoms with E-state index in [1.54, 1.807) is 6.92 Å². The van der Waals surface area contributed by atoms with Gasteiger partial charge in [-0.2, -0.15) is 0 Å². The number of terminal acetylenes is 1. The lowest BCUT2D eigenvalue weighted by Crippen LogP contribution is -2.32. The Kier molecular flexibility index (Phi) is 5.00. The van der Waals surface area contributed by atoms with Gasteiger partial charge in [0.15, 0.2) is 0 Å². The Labute approximate surface area is 62.6 Å². The molecule has 0 spiro atoms. The lowest BCUT2D eigenvalue weighted by Gasteiger charge is -2.11. The standard InChI is InChI=1S/C8H15NO/c1-4-5-7(2)9-6-8(3)10/h1,7-10H,5-6H2,2-3H3.